The second-order valence-electron chi connectivity index (χ2n) is 5.51. The normalized spacial score (nSPS) is 10.9. The van der Waals surface area contributed by atoms with E-state index in [-0.39, 0.29) is 0 Å². The summed E-state index contributed by atoms with van der Waals surface area (Å²) >= 11 is 0. The van der Waals surface area contributed by atoms with Crippen LogP contribution in [-0.4, -0.2) is 27.0 Å². The number of H-pyrrole nitrogens is 3. The highest BCUT2D eigenvalue weighted by molar-refractivity contribution is 5.97. The van der Waals surface area contributed by atoms with Gasteiger partial charge in [-0.25, -0.2) is 9.78 Å². The van der Waals surface area contributed by atoms with E-state index < -0.39 is 11.2 Å². The minimum absolute atomic E-state index is 0.348. The van der Waals surface area contributed by atoms with Crippen molar-refractivity contribution in [3.8, 4) is 28.0 Å². The summed E-state index contributed by atoms with van der Waals surface area (Å²) in [4.78, 5) is 35.5. The lowest BCUT2D eigenvalue weighted by Crippen LogP contribution is -2.22. The largest absolute Gasteiger partial charge is 0.496 e. The molecule has 1 aromatic carbocycles. The first-order valence-corrected chi connectivity index (χ1v) is 7.60. The predicted octanol–water partition coefficient (Wildman–Crippen LogP) is 2.28. The van der Waals surface area contributed by atoms with Crippen LogP contribution in [0.25, 0.3) is 33.3 Å². The summed E-state index contributed by atoms with van der Waals surface area (Å²) < 4.78 is 5.44. The van der Waals surface area contributed by atoms with Gasteiger partial charge in [0.1, 0.15) is 11.4 Å². The number of hydrogen-bond acceptors (Lipinski definition) is 4. The number of aromatic amines is 3. The highest BCUT2D eigenvalue weighted by atomic mass is 16.5. The first-order chi connectivity index (χ1) is 12.2. The molecular weight excluding hydrogens is 320 g/mol. The molecule has 0 saturated carbocycles. The third kappa shape index (κ3) is 2.51. The Morgan fingerprint density at radius 3 is 2.60 bits per heavy atom. The number of fused-ring (bicyclic) bond motifs is 1. The smallest absolute Gasteiger partial charge is 0.325 e. The zero-order chi connectivity index (χ0) is 17.4. The van der Waals surface area contributed by atoms with Gasteiger partial charge in [-0.2, -0.15) is 0 Å². The van der Waals surface area contributed by atoms with Crippen molar-refractivity contribution in [3.05, 3.63) is 69.8 Å². The molecule has 0 unspecified atom stereocenters. The molecular formula is C18H14N4O3. The lowest BCUT2D eigenvalue weighted by Gasteiger charge is -2.07. The van der Waals surface area contributed by atoms with Gasteiger partial charge in [0, 0.05) is 40.7 Å². The van der Waals surface area contributed by atoms with Crippen LogP contribution in [0.5, 0.6) is 5.75 Å². The lowest BCUT2D eigenvalue weighted by molar-refractivity contribution is 0.416. The minimum atomic E-state index is -0.542. The molecule has 3 N–H and O–H groups in total. The summed E-state index contributed by atoms with van der Waals surface area (Å²) in [5.41, 5.74) is 2.50. The van der Waals surface area contributed by atoms with Crippen LogP contribution in [0.2, 0.25) is 0 Å². The number of hydrogen-bond donors (Lipinski definition) is 3. The van der Waals surface area contributed by atoms with Crippen molar-refractivity contribution in [2.45, 2.75) is 0 Å². The molecule has 25 heavy (non-hydrogen) atoms. The Morgan fingerprint density at radius 2 is 1.80 bits per heavy atom. The van der Waals surface area contributed by atoms with E-state index >= 15 is 0 Å². The summed E-state index contributed by atoms with van der Waals surface area (Å²) in [5, 5.41) is 0.854. The van der Waals surface area contributed by atoms with Crippen LogP contribution in [-0.2, 0) is 0 Å². The van der Waals surface area contributed by atoms with Gasteiger partial charge >= 0.3 is 5.69 Å². The zero-order valence-electron chi connectivity index (χ0n) is 13.3. The number of nitrogens with zero attached hydrogens (tertiary/aromatic N) is 1. The molecule has 3 aromatic heterocycles. The molecule has 0 radical (unpaired) electrons. The zero-order valence-corrected chi connectivity index (χ0v) is 13.3. The van der Waals surface area contributed by atoms with Crippen LogP contribution in [0.15, 0.2) is 58.5 Å². The van der Waals surface area contributed by atoms with Crippen molar-refractivity contribution in [1.82, 2.24) is 19.9 Å². The first-order valence-electron chi connectivity index (χ1n) is 7.60. The molecule has 0 saturated heterocycles. The summed E-state index contributed by atoms with van der Waals surface area (Å²) in [5.74, 6) is 0.746. The van der Waals surface area contributed by atoms with Crippen molar-refractivity contribution < 1.29 is 4.74 Å². The average molecular weight is 334 g/mol. The molecule has 0 spiro atoms. The van der Waals surface area contributed by atoms with E-state index in [1.807, 2.05) is 36.5 Å². The predicted molar refractivity (Wildman–Crippen MR) is 94.8 cm³/mol. The second kappa shape index (κ2) is 5.79. The molecule has 0 aliphatic rings. The monoisotopic (exact) mass is 334 g/mol. The maximum absolute atomic E-state index is 12.0. The Labute approximate surface area is 141 Å². The van der Waals surface area contributed by atoms with Gasteiger partial charge in [-0.05, 0) is 12.1 Å². The number of aromatic nitrogens is 4. The molecule has 0 amide bonds. The van der Waals surface area contributed by atoms with Gasteiger partial charge < -0.3 is 14.7 Å². The number of benzene rings is 1. The Hall–Kier alpha value is -3.61. The highest BCUT2D eigenvalue weighted by Crippen LogP contribution is 2.35. The van der Waals surface area contributed by atoms with Crippen LogP contribution in [0.4, 0.5) is 0 Å². The third-order valence-electron chi connectivity index (χ3n) is 4.06. The maximum Gasteiger partial charge on any atom is 0.325 e. The quantitative estimate of drug-likeness (QED) is 0.535. The Bertz CT molecular complexity index is 1190. The SMILES string of the molecule is COc1ccccc1-c1c[nH]c2ncc(-c3c[nH]c(=O)[nH]c3=O)cc12. The van der Waals surface area contributed by atoms with E-state index in [9.17, 15) is 9.59 Å². The van der Waals surface area contributed by atoms with Gasteiger partial charge in [0.25, 0.3) is 5.56 Å². The topological polar surface area (TPSA) is 104 Å². The molecule has 0 atom stereocenters. The van der Waals surface area contributed by atoms with Crippen LogP contribution in [0.1, 0.15) is 0 Å². The van der Waals surface area contributed by atoms with Crippen molar-refractivity contribution in [2.24, 2.45) is 0 Å². The molecule has 7 nitrogen and oxygen atoms in total. The van der Waals surface area contributed by atoms with E-state index in [4.69, 9.17) is 4.74 Å². The summed E-state index contributed by atoms with van der Waals surface area (Å²) in [7, 11) is 1.62. The Kier molecular flexibility index (Phi) is 3.46. The lowest BCUT2D eigenvalue weighted by atomic mass is 10.0. The molecule has 0 bridgehead atoms. The molecule has 0 fully saturated rings. The molecule has 4 rings (SSSR count). The number of methoxy groups -OCH3 is 1. The number of para-hydroxylation sites is 1. The van der Waals surface area contributed by atoms with Gasteiger partial charge in [0.05, 0.1) is 12.7 Å². The Morgan fingerprint density at radius 1 is 1.00 bits per heavy atom. The number of ether oxygens (including phenoxy) is 1. The van der Waals surface area contributed by atoms with Crippen molar-refractivity contribution >= 4 is 11.0 Å². The van der Waals surface area contributed by atoms with E-state index in [1.54, 1.807) is 13.3 Å². The summed E-state index contributed by atoms with van der Waals surface area (Å²) in [6, 6.07) is 9.55. The highest BCUT2D eigenvalue weighted by Gasteiger charge is 2.13. The molecule has 0 aliphatic carbocycles. The van der Waals surface area contributed by atoms with Crippen LogP contribution < -0.4 is 16.0 Å². The first kappa shape index (κ1) is 14.9. The number of rotatable bonds is 3. The molecule has 4 aromatic rings. The maximum atomic E-state index is 12.0. The van der Waals surface area contributed by atoms with Gasteiger partial charge in [-0.15, -0.1) is 0 Å². The number of pyridine rings is 1. The summed E-state index contributed by atoms with van der Waals surface area (Å²) in [6.45, 7) is 0. The molecule has 0 aliphatic heterocycles. The Balaban J connectivity index is 1.94. The minimum Gasteiger partial charge on any atom is -0.496 e. The summed E-state index contributed by atoms with van der Waals surface area (Å²) in [6.07, 6.45) is 4.84. The van der Waals surface area contributed by atoms with Gasteiger partial charge in [0.15, 0.2) is 0 Å². The van der Waals surface area contributed by atoms with E-state index in [0.29, 0.717) is 16.8 Å². The van der Waals surface area contributed by atoms with E-state index in [0.717, 1.165) is 22.3 Å². The fraction of sp³-hybridized carbons (Fsp3) is 0.0556. The fourth-order valence-electron chi connectivity index (χ4n) is 2.86. The van der Waals surface area contributed by atoms with Crippen molar-refractivity contribution in [1.29, 1.82) is 0 Å². The van der Waals surface area contributed by atoms with Crippen LogP contribution in [0.3, 0.4) is 0 Å². The van der Waals surface area contributed by atoms with Crippen molar-refractivity contribution in [2.75, 3.05) is 7.11 Å². The van der Waals surface area contributed by atoms with E-state index in [1.165, 1.54) is 6.20 Å². The van der Waals surface area contributed by atoms with E-state index in [2.05, 4.69) is 19.9 Å². The molecule has 7 heteroatoms. The number of nitrogens with one attached hydrogen (secondary N) is 3. The van der Waals surface area contributed by atoms with Gasteiger partial charge in [-0.3, -0.25) is 9.78 Å². The average Bonchev–Trinajstić information content (AvgIpc) is 3.04. The van der Waals surface area contributed by atoms with Crippen molar-refractivity contribution in [3.63, 3.8) is 0 Å². The van der Waals surface area contributed by atoms with Gasteiger partial charge in [-0.1, -0.05) is 18.2 Å². The van der Waals surface area contributed by atoms with Gasteiger partial charge in [0.2, 0.25) is 0 Å². The second-order valence-corrected chi connectivity index (χ2v) is 5.51. The third-order valence-corrected chi connectivity index (χ3v) is 4.06. The van der Waals surface area contributed by atoms with Crippen LogP contribution in [0, 0.1) is 0 Å². The standard InChI is InChI=1S/C18H14N4O3/c1-25-15-5-3-2-4-11(15)14-9-20-16-12(14)6-10(7-19-16)13-8-21-18(24)22-17(13)23/h2-9H,1H3,(H,19,20)(H2,21,22,23,24). The van der Waals surface area contributed by atoms with Crippen LogP contribution >= 0.6 is 0 Å². The molecule has 3 heterocycles. The fourth-order valence-corrected chi connectivity index (χ4v) is 2.86. The molecule has 124 valence electrons.